The molecule has 0 amide bonds. The van der Waals surface area contributed by atoms with Crippen LogP contribution in [0.5, 0.6) is 0 Å². The summed E-state index contributed by atoms with van der Waals surface area (Å²) in [5.74, 6) is -1.12. The van der Waals surface area contributed by atoms with Gasteiger partial charge in [-0.15, -0.1) is 0 Å². The topological polar surface area (TPSA) is 40.1 Å². The minimum absolute atomic E-state index is 0. The first-order valence-corrected chi connectivity index (χ1v) is 3.68. The summed E-state index contributed by atoms with van der Waals surface area (Å²) < 4.78 is 1.69. The fraction of sp³-hybridized carbons (Fsp3) is 0. The van der Waals surface area contributed by atoms with Crippen LogP contribution in [0.15, 0.2) is 7.66 Å². The minimum Gasteiger partial charge on any atom is -0.544 e. The monoisotopic (exact) mass is 528 g/mol. The Hall–Kier alpha value is 1.59. The van der Waals surface area contributed by atoms with Crippen LogP contribution in [0.1, 0.15) is 0 Å². The van der Waals surface area contributed by atoms with Crippen molar-refractivity contribution in [1.82, 2.24) is 0 Å². The number of aliphatic carboxylic acids is 1. The molecule has 0 aromatic carbocycles. The summed E-state index contributed by atoms with van der Waals surface area (Å²) in [6.07, 6.45) is 0. The molecule has 0 rings (SSSR count). The van der Waals surface area contributed by atoms with E-state index in [-0.39, 0.29) is 30.9 Å². The van der Waals surface area contributed by atoms with E-state index in [0.29, 0.717) is 0 Å². The van der Waals surface area contributed by atoms with E-state index >= 15 is 0 Å². The number of hydrogen-bond acceptors (Lipinski definition) is 2. The van der Waals surface area contributed by atoms with Crippen molar-refractivity contribution in [2.24, 2.45) is 0 Å². The van der Waals surface area contributed by atoms with Crippen molar-refractivity contribution >= 4 is 78.4 Å². The Balaban J connectivity index is 0. The van der Waals surface area contributed by atoms with Crippen molar-refractivity contribution in [2.45, 2.75) is 0 Å². The van der Waals surface area contributed by atoms with Gasteiger partial charge < -0.3 is 9.90 Å². The summed E-state index contributed by atoms with van der Waals surface area (Å²) in [5, 5.41) is 9.74. The smallest absolute Gasteiger partial charge is 0.544 e. The van der Waals surface area contributed by atoms with E-state index in [1.165, 1.54) is 4.08 Å². The van der Waals surface area contributed by atoms with E-state index in [1.807, 2.05) is 22.6 Å². The maximum atomic E-state index is 9.74. The van der Waals surface area contributed by atoms with Gasteiger partial charge in [-0.3, -0.25) is 0 Å². The second-order valence-electron chi connectivity index (χ2n) is 0.745. The molecule has 0 aromatic rings. The predicted octanol–water partition coefficient (Wildman–Crippen LogP) is 0.0669. The molecule has 0 heterocycles. The largest absolute Gasteiger partial charge is 1.00 e. The van der Waals surface area contributed by atoms with Gasteiger partial charge in [0.05, 0.1) is 5.97 Å². The molecule has 5 heteroatoms. The summed E-state index contributed by atoms with van der Waals surface area (Å²) in [6, 6.07) is 0. The summed E-state index contributed by atoms with van der Waals surface area (Å²) in [4.78, 5) is 9.74. The molecule has 0 aliphatic carbocycles. The second-order valence-corrected chi connectivity index (χ2v) is 2.53. The zero-order valence-corrected chi connectivity index (χ0v) is 12.5. The van der Waals surface area contributed by atoms with Crippen LogP contribution in [0, 0.1) is 0 Å². The summed E-state index contributed by atoms with van der Waals surface area (Å²) in [6.45, 7) is 0. The van der Waals surface area contributed by atoms with Gasteiger partial charge in [-0.1, -0.05) is 22.6 Å². The van der Waals surface area contributed by atoms with Gasteiger partial charge in [-0.25, -0.2) is 0 Å². The molecule has 0 saturated carbocycles. The first-order chi connectivity index (χ1) is 3.18. The molecule has 0 saturated heterocycles. The molecule has 0 aliphatic heterocycles. The Morgan fingerprint density at radius 1 is 1.62 bits per heavy atom. The average Bonchev–Trinajstić information content (AvgIpc) is 1.65. The molecule has 0 aromatic heterocycles. The summed E-state index contributed by atoms with van der Waals surface area (Å²) >= 11 is 3.53. The first-order valence-electron chi connectivity index (χ1n) is 1.35. The Morgan fingerprint density at radius 2 is 2.00 bits per heavy atom. The SMILES string of the molecule is O=C([O-])/C(I)=C/I.[Tl+]. The molecule has 0 aliphatic rings. The standard InChI is InChI=1S/C3H2I2O2.Tl/c4-1-2(5)3(6)7;/h1H,(H,6,7);/q;+1/p-1/b2-1-;. The minimum atomic E-state index is -1.12. The van der Waals surface area contributed by atoms with Crippen molar-refractivity contribution in [3.05, 3.63) is 7.66 Å². The quantitative estimate of drug-likeness (QED) is 0.275. The van der Waals surface area contributed by atoms with Gasteiger partial charge in [0.15, 0.2) is 0 Å². The third kappa shape index (κ3) is 5.72. The van der Waals surface area contributed by atoms with Gasteiger partial charge >= 0.3 is 27.3 Å². The molecule has 42 valence electrons. The van der Waals surface area contributed by atoms with Crippen LogP contribution in [0.2, 0.25) is 0 Å². The Labute approximate surface area is 94.5 Å². The maximum absolute atomic E-state index is 9.74. The Kier molecular flexibility index (Phi) is 10.3. The van der Waals surface area contributed by atoms with Crippen molar-refractivity contribution in [3.8, 4) is 0 Å². The first kappa shape index (κ1) is 12.3. The molecule has 0 radical (unpaired) electrons. The number of carboxylic acid groups (broad SMARTS) is 1. The van der Waals surface area contributed by atoms with E-state index in [9.17, 15) is 9.90 Å². The molecule has 0 fully saturated rings. The molecule has 0 bridgehead atoms. The van der Waals surface area contributed by atoms with Gasteiger partial charge in [0, 0.05) is 3.58 Å². The zero-order chi connectivity index (χ0) is 5.86. The molecule has 2 nitrogen and oxygen atoms in total. The van der Waals surface area contributed by atoms with Crippen LogP contribution in [0.3, 0.4) is 0 Å². The van der Waals surface area contributed by atoms with E-state index in [1.54, 1.807) is 22.6 Å². The average molecular weight is 527 g/mol. The van der Waals surface area contributed by atoms with E-state index in [2.05, 4.69) is 0 Å². The van der Waals surface area contributed by atoms with Crippen molar-refractivity contribution in [1.29, 1.82) is 0 Å². The molecular formula is C3HI2O2Tl. The van der Waals surface area contributed by atoms with Gasteiger partial charge in [0.25, 0.3) is 0 Å². The number of carboxylic acids is 1. The van der Waals surface area contributed by atoms with E-state index < -0.39 is 5.97 Å². The summed E-state index contributed by atoms with van der Waals surface area (Å²) in [5.41, 5.74) is 0. The molecule has 0 unspecified atom stereocenters. The van der Waals surface area contributed by atoms with Crippen molar-refractivity contribution < 1.29 is 9.90 Å². The third-order valence-electron chi connectivity index (χ3n) is 0.291. The van der Waals surface area contributed by atoms with Crippen LogP contribution < -0.4 is 5.11 Å². The van der Waals surface area contributed by atoms with Crippen molar-refractivity contribution in [3.63, 3.8) is 0 Å². The molecular weight excluding hydrogens is 526 g/mol. The molecule has 8 heavy (non-hydrogen) atoms. The van der Waals surface area contributed by atoms with Crippen LogP contribution >= 0.6 is 45.2 Å². The van der Waals surface area contributed by atoms with Gasteiger partial charge in [-0.2, -0.15) is 0 Å². The number of carbonyl (C=O) groups excluding carboxylic acids is 1. The Bertz CT molecular complexity index is 112. The van der Waals surface area contributed by atoms with E-state index in [0.717, 1.165) is 0 Å². The third-order valence-corrected chi connectivity index (χ3v) is 2.86. The number of rotatable bonds is 1. The second kappa shape index (κ2) is 6.71. The zero-order valence-electron chi connectivity index (χ0n) is 3.73. The van der Waals surface area contributed by atoms with Crippen molar-refractivity contribution in [2.75, 3.05) is 0 Å². The van der Waals surface area contributed by atoms with Crippen LogP contribution in [-0.2, 0) is 4.79 Å². The Morgan fingerprint density at radius 3 is 2.00 bits per heavy atom. The van der Waals surface area contributed by atoms with Gasteiger partial charge in [0.1, 0.15) is 0 Å². The fourth-order valence-electron chi connectivity index (χ4n) is 0.0445. The normalized spacial score (nSPS) is 10.0. The molecule has 0 N–H and O–H groups in total. The number of halogens is 2. The maximum Gasteiger partial charge on any atom is 1.00 e. The molecule has 0 spiro atoms. The van der Waals surface area contributed by atoms with E-state index in [4.69, 9.17) is 0 Å². The molecule has 0 atom stereocenters. The van der Waals surface area contributed by atoms with Crippen LogP contribution in [0.4, 0.5) is 0 Å². The fourth-order valence-corrected chi connectivity index (χ4v) is 0.299. The van der Waals surface area contributed by atoms with Crippen LogP contribution in [-0.4, -0.2) is 33.3 Å². The van der Waals surface area contributed by atoms with Gasteiger partial charge in [0.2, 0.25) is 0 Å². The predicted molar refractivity (Wildman–Crippen MR) is 46.9 cm³/mol. The van der Waals surface area contributed by atoms with Crippen LogP contribution in [0.25, 0.3) is 0 Å². The number of carbonyl (C=O) groups is 1. The number of hydrogen-bond donors (Lipinski definition) is 0. The summed E-state index contributed by atoms with van der Waals surface area (Å²) in [7, 11) is 0. The van der Waals surface area contributed by atoms with Gasteiger partial charge in [-0.05, 0) is 26.7 Å².